The van der Waals surface area contributed by atoms with E-state index in [1.54, 1.807) is 0 Å². The van der Waals surface area contributed by atoms with Gasteiger partial charge in [-0.15, -0.1) is 12.4 Å². The molecule has 1 atom stereocenters. The topological polar surface area (TPSA) is 12.0 Å². The van der Waals surface area contributed by atoms with Gasteiger partial charge in [0.2, 0.25) is 0 Å². The Morgan fingerprint density at radius 1 is 0.850 bits per heavy atom. The first-order valence-electron chi connectivity index (χ1n) is 7.07. The molecule has 0 aliphatic carbocycles. The van der Waals surface area contributed by atoms with Crippen molar-refractivity contribution in [2.75, 3.05) is 6.54 Å². The van der Waals surface area contributed by atoms with Crippen molar-refractivity contribution >= 4 is 34.0 Å². The minimum atomic E-state index is 0. The van der Waals surface area contributed by atoms with E-state index >= 15 is 0 Å². The smallest absolute Gasteiger partial charge is 0.0327 e. The summed E-state index contributed by atoms with van der Waals surface area (Å²) < 4.78 is 0. The fraction of sp³-hybridized carbons (Fsp3) is 0.222. The van der Waals surface area contributed by atoms with Crippen LogP contribution in [0.5, 0.6) is 0 Å². The monoisotopic (exact) mass is 283 g/mol. The van der Waals surface area contributed by atoms with Crippen LogP contribution in [0.25, 0.3) is 21.5 Å². The van der Waals surface area contributed by atoms with E-state index in [0.29, 0.717) is 6.04 Å². The Labute approximate surface area is 125 Å². The minimum absolute atomic E-state index is 0. The van der Waals surface area contributed by atoms with Crippen LogP contribution in [0.4, 0.5) is 0 Å². The van der Waals surface area contributed by atoms with Gasteiger partial charge in [0.1, 0.15) is 0 Å². The van der Waals surface area contributed by atoms with Crippen molar-refractivity contribution in [3.8, 4) is 0 Å². The Morgan fingerprint density at radius 3 is 2.30 bits per heavy atom. The molecule has 0 radical (unpaired) electrons. The molecule has 102 valence electrons. The highest BCUT2D eigenvalue weighted by atomic mass is 35.5. The molecule has 0 spiro atoms. The molecule has 3 aromatic carbocycles. The van der Waals surface area contributed by atoms with Crippen molar-refractivity contribution < 1.29 is 0 Å². The van der Waals surface area contributed by atoms with Gasteiger partial charge in [0.15, 0.2) is 0 Å². The lowest BCUT2D eigenvalue weighted by Gasteiger charge is -2.16. The molecule has 0 unspecified atom stereocenters. The van der Waals surface area contributed by atoms with Gasteiger partial charge >= 0.3 is 0 Å². The Hall–Kier alpha value is -1.57. The van der Waals surface area contributed by atoms with Crippen LogP contribution in [-0.2, 0) is 0 Å². The molecule has 1 fully saturated rings. The molecule has 1 saturated heterocycles. The van der Waals surface area contributed by atoms with Crippen LogP contribution < -0.4 is 5.32 Å². The number of rotatable bonds is 1. The third kappa shape index (κ3) is 2.07. The first-order chi connectivity index (χ1) is 9.43. The van der Waals surface area contributed by atoms with Crippen LogP contribution in [-0.4, -0.2) is 6.54 Å². The van der Waals surface area contributed by atoms with Gasteiger partial charge in [-0.1, -0.05) is 48.5 Å². The lowest BCUT2D eigenvalue weighted by Crippen LogP contribution is -2.13. The maximum Gasteiger partial charge on any atom is 0.0327 e. The first kappa shape index (κ1) is 13.4. The normalized spacial score (nSPS) is 18.3. The van der Waals surface area contributed by atoms with Crippen LogP contribution in [0.15, 0.2) is 54.6 Å². The second kappa shape index (κ2) is 5.43. The second-order valence-electron chi connectivity index (χ2n) is 5.38. The quantitative estimate of drug-likeness (QED) is 0.630. The standard InChI is InChI=1S/C18H17N.ClH/c1-2-7-14-13(6-1)12-17(18-10-5-11-19-18)16-9-4-3-8-15(14)16;/h1-4,6-9,12,18-19H,5,10-11H2;1H/t18-;/m1./s1. The third-order valence-electron chi connectivity index (χ3n) is 4.24. The highest BCUT2D eigenvalue weighted by Gasteiger charge is 2.19. The molecule has 0 saturated carbocycles. The number of hydrogen-bond acceptors (Lipinski definition) is 1. The zero-order valence-corrected chi connectivity index (χ0v) is 12.1. The lowest BCUT2D eigenvalue weighted by atomic mass is 9.93. The molecule has 3 aromatic rings. The second-order valence-corrected chi connectivity index (χ2v) is 5.38. The summed E-state index contributed by atoms with van der Waals surface area (Å²) in [4.78, 5) is 0. The Bertz CT molecular complexity index is 745. The van der Waals surface area contributed by atoms with Crippen molar-refractivity contribution in [2.45, 2.75) is 18.9 Å². The number of nitrogens with one attached hydrogen (secondary N) is 1. The van der Waals surface area contributed by atoms with E-state index < -0.39 is 0 Å². The maximum atomic E-state index is 3.63. The average Bonchev–Trinajstić information content (AvgIpc) is 3.00. The van der Waals surface area contributed by atoms with Gasteiger partial charge in [0, 0.05) is 6.04 Å². The summed E-state index contributed by atoms with van der Waals surface area (Å²) >= 11 is 0. The molecule has 0 aromatic heterocycles. The number of benzene rings is 3. The zero-order valence-electron chi connectivity index (χ0n) is 11.3. The molecular weight excluding hydrogens is 266 g/mol. The van der Waals surface area contributed by atoms with Gasteiger partial charge in [-0.25, -0.2) is 0 Å². The van der Waals surface area contributed by atoms with E-state index in [0.717, 1.165) is 6.54 Å². The third-order valence-corrected chi connectivity index (χ3v) is 4.24. The highest BCUT2D eigenvalue weighted by molar-refractivity contribution is 6.09. The van der Waals surface area contributed by atoms with E-state index in [1.165, 1.54) is 39.9 Å². The fourth-order valence-corrected chi connectivity index (χ4v) is 3.32. The van der Waals surface area contributed by atoms with Crippen molar-refractivity contribution in [2.24, 2.45) is 0 Å². The average molecular weight is 284 g/mol. The van der Waals surface area contributed by atoms with Gasteiger partial charge in [-0.3, -0.25) is 0 Å². The summed E-state index contributed by atoms with van der Waals surface area (Å²) in [6.45, 7) is 1.14. The first-order valence-corrected chi connectivity index (χ1v) is 7.07. The van der Waals surface area contributed by atoms with Crippen LogP contribution in [0.1, 0.15) is 24.4 Å². The molecular formula is C18H18ClN. The number of fused-ring (bicyclic) bond motifs is 3. The van der Waals surface area contributed by atoms with Crippen molar-refractivity contribution in [3.05, 3.63) is 60.2 Å². The number of halogens is 1. The summed E-state index contributed by atoms with van der Waals surface area (Å²) in [6, 6.07) is 20.4. The largest absolute Gasteiger partial charge is 0.310 e. The van der Waals surface area contributed by atoms with Gasteiger partial charge in [0.25, 0.3) is 0 Å². The highest BCUT2D eigenvalue weighted by Crippen LogP contribution is 2.34. The lowest BCUT2D eigenvalue weighted by molar-refractivity contribution is 0.653. The van der Waals surface area contributed by atoms with Gasteiger partial charge in [-0.2, -0.15) is 0 Å². The van der Waals surface area contributed by atoms with Crippen LogP contribution in [0.3, 0.4) is 0 Å². The van der Waals surface area contributed by atoms with E-state index in [9.17, 15) is 0 Å². The summed E-state index contributed by atoms with van der Waals surface area (Å²) in [5, 5.41) is 9.12. The fourth-order valence-electron chi connectivity index (χ4n) is 3.32. The predicted molar refractivity (Wildman–Crippen MR) is 88.7 cm³/mol. The van der Waals surface area contributed by atoms with E-state index in [2.05, 4.69) is 59.9 Å². The minimum Gasteiger partial charge on any atom is -0.310 e. The molecule has 1 N–H and O–H groups in total. The van der Waals surface area contributed by atoms with E-state index in [4.69, 9.17) is 0 Å². The molecule has 0 amide bonds. The Morgan fingerprint density at radius 2 is 1.55 bits per heavy atom. The molecule has 1 aliphatic heterocycles. The van der Waals surface area contributed by atoms with Crippen LogP contribution >= 0.6 is 12.4 Å². The van der Waals surface area contributed by atoms with Crippen molar-refractivity contribution in [1.82, 2.24) is 5.32 Å². The molecule has 4 rings (SSSR count). The van der Waals surface area contributed by atoms with Gasteiger partial charge in [0.05, 0.1) is 0 Å². The Kier molecular flexibility index (Phi) is 3.64. The zero-order chi connectivity index (χ0) is 12.7. The molecule has 1 aliphatic rings. The summed E-state index contributed by atoms with van der Waals surface area (Å²) in [6.07, 6.45) is 2.54. The molecule has 2 heteroatoms. The summed E-state index contributed by atoms with van der Waals surface area (Å²) in [5.41, 5.74) is 1.46. The molecule has 20 heavy (non-hydrogen) atoms. The van der Waals surface area contributed by atoms with E-state index in [1.807, 2.05) is 0 Å². The van der Waals surface area contributed by atoms with Crippen molar-refractivity contribution in [3.63, 3.8) is 0 Å². The van der Waals surface area contributed by atoms with E-state index in [-0.39, 0.29) is 12.4 Å². The predicted octanol–water partition coefficient (Wildman–Crippen LogP) is 4.84. The SMILES string of the molecule is Cl.c1ccc2c(c1)cc([C@H]1CCCN1)c1ccccc12. The van der Waals surface area contributed by atoms with Gasteiger partial charge in [-0.05, 0) is 52.6 Å². The Balaban J connectivity index is 0.00000121. The van der Waals surface area contributed by atoms with Crippen LogP contribution in [0, 0.1) is 0 Å². The van der Waals surface area contributed by atoms with Crippen molar-refractivity contribution in [1.29, 1.82) is 0 Å². The molecule has 0 bridgehead atoms. The van der Waals surface area contributed by atoms with Gasteiger partial charge < -0.3 is 5.32 Å². The maximum absolute atomic E-state index is 3.63. The molecule has 1 nitrogen and oxygen atoms in total. The summed E-state index contributed by atoms with van der Waals surface area (Å²) in [7, 11) is 0. The van der Waals surface area contributed by atoms with Crippen LogP contribution in [0.2, 0.25) is 0 Å². The molecule has 1 heterocycles. The summed E-state index contributed by atoms with van der Waals surface area (Å²) in [5.74, 6) is 0. The number of hydrogen-bond donors (Lipinski definition) is 1.